The average Bonchev–Trinajstić information content (AvgIpc) is 2.35. The van der Waals surface area contributed by atoms with Gasteiger partial charge < -0.3 is 14.4 Å². The molecular formula is C12H23NO3. The summed E-state index contributed by atoms with van der Waals surface area (Å²) in [5.74, 6) is -0.439. The lowest BCUT2D eigenvalue weighted by molar-refractivity contribution is -0.255. The molecule has 0 spiro atoms. The Kier molecular flexibility index (Phi) is 5.77. The highest BCUT2D eigenvalue weighted by atomic mass is 16.7. The zero-order valence-electron chi connectivity index (χ0n) is 10.4. The number of carbonyl (C=O) groups is 1. The normalized spacial score (nSPS) is 19.8. The highest BCUT2D eigenvalue weighted by molar-refractivity contribution is 5.47. The third kappa shape index (κ3) is 3.76. The van der Waals surface area contributed by atoms with Gasteiger partial charge in [0.15, 0.2) is 5.79 Å². The van der Waals surface area contributed by atoms with Crippen LogP contribution >= 0.6 is 0 Å². The number of nitrogens with zero attached hydrogens (tertiary/aromatic N) is 1. The van der Waals surface area contributed by atoms with Gasteiger partial charge in [-0.2, -0.15) is 0 Å². The third-order valence-corrected chi connectivity index (χ3v) is 2.85. The summed E-state index contributed by atoms with van der Waals surface area (Å²) in [6, 6.07) is 0. The molecule has 0 aromatic heterocycles. The van der Waals surface area contributed by atoms with Gasteiger partial charge in [0.25, 0.3) is 0 Å². The highest BCUT2D eigenvalue weighted by Crippen LogP contribution is 2.27. The average molecular weight is 229 g/mol. The third-order valence-electron chi connectivity index (χ3n) is 2.85. The minimum Gasteiger partial charge on any atom is -0.350 e. The Hall–Kier alpha value is -0.610. The van der Waals surface area contributed by atoms with Crippen molar-refractivity contribution < 1.29 is 14.3 Å². The van der Waals surface area contributed by atoms with E-state index in [0.717, 1.165) is 58.4 Å². The fraction of sp³-hybridized carbons (Fsp3) is 0.917. The number of piperidine rings is 1. The van der Waals surface area contributed by atoms with Crippen LogP contribution in [0.3, 0.4) is 0 Å². The first-order valence-electron chi connectivity index (χ1n) is 6.23. The summed E-state index contributed by atoms with van der Waals surface area (Å²) in [7, 11) is 0. The Morgan fingerprint density at radius 3 is 2.00 bits per heavy atom. The monoisotopic (exact) mass is 229 g/mol. The fourth-order valence-corrected chi connectivity index (χ4v) is 1.88. The SMILES string of the molecule is CCCOC1(OCCC)CCN(C=O)CC1. The topological polar surface area (TPSA) is 38.8 Å². The van der Waals surface area contributed by atoms with Gasteiger partial charge in [0.1, 0.15) is 0 Å². The van der Waals surface area contributed by atoms with Gasteiger partial charge in [0.2, 0.25) is 6.41 Å². The molecule has 1 amide bonds. The van der Waals surface area contributed by atoms with Crippen molar-refractivity contribution in [2.75, 3.05) is 26.3 Å². The van der Waals surface area contributed by atoms with E-state index in [0.29, 0.717) is 0 Å². The van der Waals surface area contributed by atoms with Crippen molar-refractivity contribution >= 4 is 6.41 Å². The van der Waals surface area contributed by atoms with E-state index < -0.39 is 5.79 Å². The maximum Gasteiger partial charge on any atom is 0.209 e. The molecule has 1 rings (SSSR count). The molecule has 1 heterocycles. The van der Waals surface area contributed by atoms with Crippen molar-refractivity contribution in [3.8, 4) is 0 Å². The second kappa shape index (κ2) is 6.86. The number of ether oxygens (including phenoxy) is 2. The zero-order valence-corrected chi connectivity index (χ0v) is 10.4. The second-order valence-electron chi connectivity index (χ2n) is 4.25. The summed E-state index contributed by atoms with van der Waals surface area (Å²) in [5, 5.41) is 0. The minimum atomic E-state index is -0.439. The van der Waals surface area contributed by atoms with Gasteiger partial charge >= 0.3 is 0 Å². The van der Waals surface area contributed by atoms with Gasteiger partial charge in [0, 0.05) is 39.1 Å². The van der Waals surface area contributed by atoms with E-state index >= 15 is 0 Å². The maximum absolute atomic E-state index is 10.6. The molecule has 0 unspecified atom stereocenters. The highest BCUT2D eigenvalue weighted by Gasteiger charge is 2.35. The molecule has 0 N–H and O–H groups in total. The lowest BCUT2D eigenvalue weighted by Crippen LogP contribution is -2.47. The molecule has 1 fully saturated rings. The van der Waals surface area contributed by atoms with Crippen LogP contribution in [0.15, 0.2) is 0 Å². The van der Waals surface area contributed by atoms with Gasteiger partial charge in [-0.05, 0) is 12.8 Å². The molecule has 1 aliphatic heterocycles. The Labute approximate surface area is 97.9 Å². The quantitative estimate of drug-likeness (QED) is 0.493. The molecule has 0 saturated carbocycles. The number of hydrogen-bond acceptors (Lipinski definition) is 3. The van der Waals surface area contributed by atoms with Crippen molar-refractivity contribution in [1.82, 2.24) is 4.90 Å². The molecule has 0 radical (unpaired) electrons. The fourth-order valence-electron chi connectivity index (χ4n) is 1.88. The number of likely N-dealkylation sites (tertiary alicyclic amines) is 1. The first-order valence-corrected chi connectivity index (χ1v) is 6.23. The molecular weight excluding hydrogens is 206 g/mol. The zero-order chi connectivity index (χ0) is 11.9. The van der Waals surface area contributed by atoms with Crippen LogP contribution in [-0.4, -0.2) is 43.4 Å². The minimum absolute atomic E-state index is 0.439. The molecule has 16 heavy (non-hydrogen) atoms. The van der Waals surface area contributed by atoms with Crippen molar-refractivity contribution in [3.63, 3.8) is 0 Å². The molecule has 0 aromatic rings. The van der Waals surface area contributed by atoms with Crippen LogP contribution in [0.25, 0.3) is 0 Å². The van der Waals surface area contributed by atoms with Crippen LogP contribution < -0.4 is 0 Å². The summed E-state index contributed by atoms with van der Waals surface area (Å²) in [6.07, 6.45) is 4.46. The second-order valence-corrected chi connectivity index (χ2v) is 4.25. The summed E-state index contributed by atoms with van der Waals surface area (Å²) in [4.78, 5) is 12.4. The van der Waals surface area contributed by atoms with E-state index in [1.807, 2.05) is 0 Å². The molecule has 0 aromatic carbocycles. The van der Waals surface area contributed by atoms with Crippen LogP contribution in [-0.2, 0) is 14.3 Å². The van der Waals surface area contributed by atoms with Crippen molar-refractivity contribution in [2.24, 2.45) is 0 Å². The van der Waals surface area contributed by atoms with E-state index in [1.165, 1.54) is 0 Å². The summed E-state index contributed by atoms with van der Waals surface area (Å²) in [5.41, 5.74) is 0. The van der Waals surface area contributed by atoms with Gasteiger partial charge in [0.05, 0.1) is 0 Å². The van der Waals surface area contributed by atoms with Crippen LogP contribution in [0.4, 0.5) is 0 Å². The maximum atomic E-state index is 10.6. The van der Waals surface area contributed by atoms with E-state index in [2.05, 4.69) is 13.8 Å². The first-order chi connectivity index (χ1) is 7.76. The van der Waals surface area contributed by atoms with Crippen LogP contribution in [0, 0.1) is 0 Å². The van der Waals surface area contributed by atoms with E-state index in [-0.39, 0.29) is 0 Å². The molecule has 0 atom stereocenters. The van der Waals surface area contributed by atoms with E-state index in [1.54, 1.807) is 4.90 Å². The largest absolute Gasteiger partial charge is 0.350 e. The van der Waals surface area contributed by atoms with E-state index in [4.69, 9.17) is 9.47 Å². The Bertz CT molecular complexity index is 190. The standard InChI is InChI=1S/C12H23NO3/c1-3-9-15-12(16-10-4-2)5-7-13(11-14)8-6-12/h11H,3-10H2,1-2H3. The Morgan fingerprint density at radius 2 is 1.62 bits per heavy atom. The van der Waals surface area contributed by atoms with E-state index in [9.17, 15) is 4.79 Å². The van der Waals surface area contributed by atoms with Crippen molar-refractivity contribution in [2.45, 2.75) is 45.3 Å². The van der Waals surface area contributed by atoms with Gasteiger partial charge in [-0.25, -0.2) is 0 Å². The molecule has 0 aliphatic carbocycles. The van der Waals surface area contributed by atoms with Crippen LogP contribution in [0.5, 0.6) is 0 Å². The molecule has 1 aliphatic rings. The number of hydrogen-bond donors (Lipinski definition) is 0. The lowest BCUT2D eigenvalue weighted by atomic mass is 10.0. The smallest absolute Gasteiger partial charge is 0.209 e. The number of amides is 1. The van der Waals surface area contributed by atoms with Crippen molar-refractivity contribution in [1.29, 1.82) is 0 Å². The molecule has 4 heteroatoms. The van der Waals surface area contributed by atoms with Gasteiger partial charge in [-0.3, -0.25) is 4.79 Å². The Morgan fingerprint density at radius 1 is 1.12 bits per heavy atom. The molecule has 4 nitrogen and oxygen atoms in total. The van der Waals surface area contributed by atoms with Gasteiger partial charge in [-0.1, -0.05) is 13.8 Å². The van der Waals surface area contributed by atoms with Crippen LogP contribution in [0.2, 0.25) is 0 Å². The number of rotatable bonds is 7. The predicted octanol–water partition coefficient (Wildman–Crippen LogP) is 1.79. The summed E-state index contributed by atoms with van der Waals surface area (Å²) >= 11 is 0. The summed E-state index contributed by atoms with van der Waals surface area (Å²) < 4.78 is 11.7. The van der Waals surface area contributed by atoms with Crippen molar-refractivity contribution in [3.05, 3.63) is 0 Å². The molecule has 0 bridgehead atoms. The Balaban J connectivity index is 2.47. The number of carbonyl (C=O) groups excluding carboxylic acids is 1. The van der Waals surface area contributed by atoms with Crippen LogP contribution in [0.1, 0.15) is 39.5 Å². The molecule has 1 saturated heterocycles. The predicted molar refractivity (Wildman–Crippen MR) is 62.1 cm³/mol. The van der Waals surface area contributed by atoms with Gasteiger partial charge in [-0.15, -0.1) is 0 Å². The first kappa shape index (κ1) is 13.5. The molecule has 94 valence electrons. The lowest BCUT2D eigenvalue weighted by Gasteiger charge is -2.40. The summed E-state index contributed by atoms with van der Waals surface area (Å²) in [6.45, 7) is 7.10.